The molecule has 2 aromatic carbocycles. The normalized spacial score (nSPS) is 11.7. The summed E-state index contributed by atoms with van der Waals surface area (Å²) in [5.74, 6) is 0.132. The topological polar surface area (TPSA) is 33.9 Å². The molecule has 4 nitrogen and oxygen atoms in total. The largest absolute Gasteiger partial charge is 0.492 e. The summed E-state index contributed by atoms with van der Waals surface area (Å²) < 4.78 is 83.7. The Bertz CT molecular complexity index is 930. The van der Waals surface area contributed by atoms with Crippen LogP contribution >= 0.6 is 0 Å². The van der Waals surface area contributed by atoms with E-state index in [-0.39, 0.29) is 24.6 Å². The van der Waals surface area contributed by atoms with Gasteiger partial charge in [-0.2, -0.15) is 26.3 Å². The predicted octanol–water partition coefficient (Wildman–Crippen LogP) is 5.91. The Balaban J connectivity index is 2.20. The van der Waals surface area contributed by atoms with Crippen molar-refractivity contribution in [3.8, 4) is 5.75 Å². The van der Waals surface area contributed by atoms with Gasteiger partial charge in [-0.25, -0.2) is 4.85 Å². The van der Waals surface area contributed by atoms with Gasteiger partial charge in [-0.1, -0.05) is 6.07 Å². The summed E-state index contributed by atoms with van der Waals surface area (Å²) in [6, 6.07) is 8.33. The molecule has 0 heterocycles. The van der Waals surface area contributed by atoms with E-state index in [1.165, 1.54) is 31.2 Å². The second kappa shape index (κ2) is 9.07. The first-order valence-corrected chi connectivity index (χ1v) is 8.55. The molecule has 2 aromatic rings. The number of carbonyl (C=O) groups is 1. The molecule has 0 aromatic heterocycles. The molecule has 0 spiro atoms. The number of nitrogens with zero attached hydrogens (tertiary/aromatic N) is 2. The lowest BCUT2D eigenvalue weighted by molar-refractivity contribution is -0.136. The third-order valence-corrected chi connectivity index (χ3v) is 4.03. The van der Waals surface area contributed by atoms with Crippen molar-refractivity contribution in [2.45, 2.75) is 19.3 Å². The maximum atomic E-state index is 13.1. The van der Waals surface area contributed by atoms with Crippen molar-refractivity contribution in [1.29, 1.82) is 0 Å². The zero-order chi connectivity index (χ0) is 22.5. The van der Waals surface area contributed by atoms with Crippen molar-refractivity contribution < 1.29 is 35.9 Å². The summed E-state index contributed by atoms with van der Waals surface area (Å²) in [5.41, 5.74) is -1.90. The van der Waals surface area contributed by atoms with Gasteiger partial charge in [0.05, 0.1) is 18.7 Å². The fourth-order valence-corrected chi connectivity index (χ4v) is 2.62. The van der Waals surface area contributed by atoms with Crippen molar-refractivity contribution in [3.05, 3.63) is 65.0 Å². The van der Waals surface area contributed by atoms with Gasteiger partial charge < -0.3 is 9.64 Å². The summed E-state index contributed by atoms with van der Waals surface area (Å²) >= 11 is 0. The van der Waals surface area contributed by atoms with E-state index in [4.69, 9.17) is 11.3 Å². The lowest BCUT2D eigenvalue weighted by atomic mass is 10.1. The van der Waals surface area contributed by atoms with Crippen LogP contribution in [0.3, 0.4) is 0 Å². The molecule has 0 bridgehead atoms. The summed E-state index contributed by atoms with van der Waals surface area (Å²) in [4.78, 5) is 14.7. The van der Waals surface area contributed by atoms with E-state index < -0.39 is 30.1 Å². The van der Waals surface area contributed by atoms with Gasteiger partial charge in [-0.15, -0.1) is 0 Å². The van der Waals surface area contributed by atoms with Crippen LogP contribution in [0.2, 0.25) is 0 Å². The molecule has 0 radical (unpaired) electrons. The van der Waals surface area contributed by atoms with Gasteiger partial charge in [-0.3, -0.25) is 4.79 Å². The number of ketones is 1. The zero-order valence-corrected chi connectivity index (χ0v) is 15.6. The summed E-state index contributed by atoms with van der Waals surface area (Å²) in [6.07, 6.45) is -9.55. The van der Waals surface area contributed by atoms with Gasteiger partial charge in [0, 0.05) is 11.3 Å². The molecule has 0 saturated heterocycles. The minimum atomic E-state index is -4.88. The maximum Gasteiger partial charge on any atom is 0.407 e. The molecule has 0 aliphatic heterocycles. The Morgan fingerprint density at radius 2 is 1.70 bits per heavy atom. The minimum absolute atomic E-state index is 0.166. The highest BCUT2D eigenvalue weighted by Gasteiger charge is 2.35. The molecule has 0 unspecified atom stereocenters. The van der Waals surface area contributed by atoms with Crippen LogP contribution < -0.4 is 9.64 Å². The molecule has 160 valence electrons. The molecule has 0 atom stereocenters. The summed E-state index contributed by atoms with van der Waals surface area (Å²) in [5, 5.41) is 0. The van der Waals surface area contributed by atoms with Crippen LogP contribution in [-0.4, -0.2) is 31.7 Å². The molecule has 0 N–H and O–H groups in total. The van der Waals surface area contributed by atoms with E-state index in [0.29, 0.717) is 22.3 Å². The summed E-state index contributed by atoms with van der Waals surface area (Å²) in [7, 11) is 0. The van der Waals surface area contributed by atoms with E-state index in [9.17, 15) is 31.1 Å². The number of rotatable bonds is 7. The highest BCUT2D eigenvalue weighted by molar-refractivity contribution is 5.94. The average molecular weight is 430 g/mol. The number of hydrogen-bond acceptors (Lipinski definition) is 3. The van der Waals surface area contributed by atoms with Gasteiger partial charge in [0.1, 0.15) is 18.9 Å². The quantitative estimate of drug-likeness (QED) is 0.311. The van der Waals surface area contributed by atoms with Crippen molar-refractivity contribution in [3.63, 3.8) is 0 Å². The molecule has 0 aliphatic rings. The number of benzene rings is 2. The Morgan fingerprint density at radius 3 is 2.20 bits per heavy atom. The lowest BCUT2D eigenvalue weighted by Crippen LogP contribution is -2.37. The van der Waals surface area contributed by atoms with Gasteiger partial charge in [0.25, 0.3) is 0 Å². The second-order valence-electron chi connectivity index (χ2n) is 6.28. The molecular formula is C20H16F6N2O2. The van der Waals surface area contributed by atoms with Crippen LogP contribution in [0.5, 0.6) is 5.75 Å². The van der Waals surface area contributed by atoms with E-state index in [0.717, 1.165) is 12.1 Å². The highest BCUT2D eigenvalue weighted by Crippen LogP contribution is 2.39. The number of alkyl halides is 6. The fraction of sp³-hybridized carbons (Fsp3) is 0.300. The Labute approximate surface area is 168 Å². The molecule has 30 heavy (non-hydrogen) atoms. The molecule has 0 saturated carbocycles. The third kappa shape index (κ3) is 6.40. The van der Waals surface area contributed by atoms with Crippen LogP contribution in [0, 0.1) is 6.57 Å². The SMILES string of the molecule is [C-]#[N+]c1ccc(N(CCOc2ccc(C(C)=O)cc2)CC(F)(F)F)cc1C(F)(F)F. The van der Waals surface area contributed by atoms with Crippen molar-refractivity contribution >= 4 is 17.2 Å². The van der Waals surface area contributed by atoms with E-state index in [1.807, 2.05) is 0 Å². The minimum Gasteiger partial charge on any atom is -0.492 e. The van der Waals surface area contributed by atoms with Crippen LogP contribution in [0.15, 0.2) is 42.5 Å². The Morgan fingerprint density at radius 1 is 1.07 bits per heavy atom. The van der Waals surface area contributed by atoms with Crippen molar-refractivity contribution in [1.82, 2.24) is 0 Å². The first-order chi connectivity index (χ1) is 13.9. The average Bonchev–Trinajstić information content (AvgIpc) is 2.65. The number of carbonyl (C=O) groups excluding carboxylic acids is 1. The van der Waals surface area contributed by atoms with Gasteiger partial charge in [0.2, 0.25) is 0 Å². The number of Topliss-reactive ketones (excluding diaryl/α,β-unsaturated/α-hetero) is 1. The van der Waals surface area contributed by atoms with Gasteiger partial charge in [-0.05, 0) is 43.3 Å². The molecule has 2 rings (SSSR count). The number of hydrogen-bond donors (Lipinski definition) is 0. The smallest absolute Gasteiger partial charge is 0.407 e. The molecule has 0 aliphatic carbocycles. The van der Waals surface area contributed by atoms with Crippen LogP contribution in [0.1, 0.15) is 22.8 Å². The first-order valence-electron chi connectivity index (χ1n) is 8.55. The number of ether oxygens (including phenoxy) is 1. The van der Waals surface area contributed by atoms with Gasteiger partial charge in [0.15, 0.2) is 11.5 Å². The maximum absolute atomic E-state index is 13.1. The predicted molar refractivity (Wildman–Crippen MR) is 97.9 cm³/mol. The van der Waals surface area contributed by atoms with Crippen LogP contribution in [0.25, 0.3) is 4.85 Å². The second-order valence-corrected chi connectivity index (χ2v) is 6.28. The van der Waals surface area contributed by atoms with E-state index in [1.54, 1.807) is 0 Å². The molecular weight excluding hydrogens is 414 g/mol. The van der Waals surface area contributed by atoms with Crippen molar-refractivity contribution in [2.24, 2.45) is 0 Å². The van der Waals surface area contributed by atoms with E-state index in [2.05, 4.69) is 4.85 Å². The summed E-state index contributed by atoms with van der Waals surface area (Å²) in [6.45, 7) is 6.10. The highest BCUT2D eigenvalue weighted by atomic mass is 19.4. The Hall–Kier alpha value is -3.22. The third-order valence-electron chi connectivity index (χ3n) is 4.03. The van der Waals surface area contributed by atoms with Crippen LogP contribution in [0.4, 0.5) is 37.7 Å². The number of halogens is 6. The number of anilines is 1. The van der Waals surface area contributed by atoms with Gasteiger partial charge >= 0.3 is 12.4 Å². The van der Waals surface area contributed by atoms with E-state index >= 15 is 0 Å². The standard InChI is InChI=1S/C20H16F6N2O2/c1-13(29)14-3-6-16(7-4-14)30-10-9-28(12-19(21,22)23)15-5-8-18(27-2)17(11-15)20(24,25)26/h3-8,11H,9-10,12H2,1H3. The lowest BCUT2D eigenvalue weighted by Gasteiger charge is -2.27. The first kappa shape index (κ1) is 23.1. The van der Waals surface area contributed by atoms with Crippen molar-refractivity contribution in [2.75, 3.05) is 24.6 Å². The fourth-order valence-electron chi connectivity index (χ4n) is 2.62. The molecule has 0 fully saturated rings. The monoisotopic (exact) mass is 430 g/mol. The molecule has 10 heteroatoms. The Kier molecular flexibility index (Phi) is 6.97. The molecule has 0 amide bonds. The van der Waals surface area contributed by atoms with Crippen LogP contribution in [-0.2, 0) is 6.18 Å². The zero-order valence-electron chi connectivity index (χ0n) is 15.6.